The summed E-state index contributed by atoms with van der Waals surface area (Å²) in [7, 11) is 2.14. The maximum atomic E-state index is 11.6. The highest BCUT2D eigenvalue weighted by molar-refractivity contribution is 5.76. The number of piperazine rings is 1. The molecule has 0 radical (unpaired) electrons. The van der Waals surface area contributed by atoms with Crippen molar-refractivity contribution in [3.05, 3.63) is 0 Å². The third kappa shape index (κ3) is 4.26. The summed E-state index contributed by atoms with van der Waals surface area (Å²) in [6.45, 7) is 8.44. The van der Waals surface area contributed by atoms with Crippen molar-refractivity contribution in [3.8, 4) is 0 Å². The first-order chi connectivity index (χ1) is 8.08. The van der Waals surface area contributed by atoms with Gasteiger partial charge in [-0.1, -0.05) is 0 Å². The molecular weight excluding hydrogens is 216 g/mol. The standard InChI is InChI=1S/C12H26N4O/c1-4-14-12(17)7-11(8-13)16-6-5-15(3)10(2)9-16/h10-11H,4-9,13H2,1-3H3,(H,14,17). The monoisotopic (exact) mass is 242 g/mol. The molecule has 1 heterocycles. The first-order valence-electron chi connectivity index (χ1n) is 6.49. The van der Waals surface area contributed by atoms with Crippen molar-refractivity contribution in [2.75, 3.05) is 39.8 Å². The summed E-state index contributed by atoms with van der Waals surface area (Å²) < 4.78 is 0. The minimum atomic E-state index is 0.106. The number of carbonyl (C=O) groups is 1. The van der Waals surface area contributed by atoms with Crippen LogP contribution in [0, 0.1) is 0 Å². The minimum Gasteiger partial charge on any atom is -0.356 e. The second-order valence-electron chi connectivity index (χ2n) is 4.87. The summed E-state index contributed by atoms with van der Waals surface area (Å²) in [5.41, 5.74) is 5.79. The van der Waals surface area contributed by atoms with E-state index in [0.717, 1.165) is 19.6 Å². The average Bonchev–Trinajstić information content (AvgIpc) is 2.30. The van der Waals surface area contributed by atoms with Crippen molar-refractivity contribution >= 4 is 5.91 Å². The number of amides is 1. The zero-order valence-corrected chi connectivity index (χ0v) is 11.3. The molecule has 100 valence electrons. The van der Waals surface area contributed by atoms with Crippen molar-refractivity contribution in [1.82, 2.24) is 15.1 Å². The fraction of sp³-hybridized carbons (Fsp3) is 0.917. The van der Waals surface area contributed by atoms with Crippen LogP contribution < -0.4 is 11.1 Å². The van der Waals surface area contributed by atoms with E-state index in [1.807, 2.05) is 6.92 Å². The van der Waals surface area contributed by atoms with Crippen LogP contribution in [0.2, 0.25) is 0 Å². The normalized spacial score (nSPS) is 24.6. The fourth-order valence-corrected chi connectivity index (χ4v) is 2.25. The lowest BCUT2D eigenvalue weighted by molar-refractivity contribution is -0.122. The summed E-state index contributed by atoms with van der Waals surface area (Å²) in [6.07, 6.45) is 0.515. The van der Waals surface area contributed by atoms with E-state index >= 15 is 0 Å². The first kappa shape index (κ1) is 14.4. The van der Waals surface area contributed by atoms with E-state index in [0.29, 0.717) is 25.6 Å². The van der Waals surface area contributed by atoms with Gasteiger partial charge in [-0.25, -0.2) is 0 Å². The smallest absolute Gasteiger partial charge is 0.221 e. The molecule has 2 atom stereocenters. The number of rotatable bonds is 5. The van der Waals surface area contributed by atoms with E-state index in [9.17, 15) is 4.79 Å². The number of hydrogen-bond acceptors (Lipinski definition) is 4. The Hall–Kier alpha value is -0.650. The molecule has 5 nitrogen and oxygen atoms in total. The lowest BCUT2D eigenvalue weighted by Gasteiger charge is -2.41. The van der Waals surface area contributed by atoms with E-state index in [-0.39, 0.29) is 11.9 Å². The molecule has 3 N–H and O–H groups in total. The summed E-state index contributed by atoms with van der Waals surface area (Å²) in [4.78, 5) is 16.3. The average molecular weight is 242 g/mol. The summed E-state index contributed by atoms with van der Waals surface area (Å²) in [5, 5.41) is 2.84. The maximum Gasteiger partial charge on any atom is 0.221 e. The highest BCUT2D eigenvalue weighted by atomic mass is 16.1. The van der Waals surface area contributed by atoms with E-state index in [4.69, 9.17) is 5.73 Å². The first-order valence-corrected chi connectivity index (χ1v) is 6.49. The van der Waals surface area contributed by atoms with Crippen LogP contribution in [-0.4, -0.2) is 67.6 Å². The van der Waals surface area contributed by atoms with Crippen LogP contribution in [0.4, 0.5) is 0 Å². The van der Waals surface area contributed by atoms with E-state index in [1.54, 1.807) is 0 Å². The van der Waals surface area contributed by atoms with Crippen molar-refractivity contribution in [2.24, 2.45) is 5.73 Å². The number of hydrogen-bond donors (Lipinski definition) is 2. The molecule has 1 saturated heterocycles. The van der Waals surface area contributed by atoms with Crippen LogP contribution in [-0.2, 0) is 4.79 Å². The molecule has 1 aliphatic rings. The third-order valence-electron chi connectivity index (χ3n) is 3.57. The van der Waals surface area contributed by atoms with Gasteiger partial charge in [-0.2, -0.15) is 0 Å². The molecule has 1 amide bonds. The molecule has 0 aromatic carbocycles. The van der Waals surface area contributed by atoms with Gasteiger partial charge in [-0.15, -0.1) is 0 Å². The molecule has 5 heteroatoms. The Morgan fingerprint density at radius 2 is 2.24 bits per heavy atom. The fourth-order valence-electron chi connectivity index (χ4n) is 2.25. The zero-order valence-electron chi connectivity index (χ0n) is 11.3. The van der Waals surface area contributed by atoms with Gasteiger partial charge >= 0.3 is 0 Å². The number of nitrogens with zero attached hydrogens (tertiary/aromatic N) is 2. The lowest BCUT2D eigenvalue weighted by Crippen LogP contribution is -2.55. The molecule has 1 rings (SSSR count). The highest BCUT2D eigenvalue weighted by Gasteiger charge is 2.26. The van der Waals surface area contributed by atoms with Gasteiger partial charge in [0.2, 0.25) is 5.91 Å². The largest absolute Gasteiger partial charge is 0.356 e. The van der Waals surface area contributed by atoms with Crippen molar-refractivity contribution in [2.45, 2.75) is 32.4 Å². The lowest BCUT2D eigenvalue weighted by atomic mass is 10.1. The third-order valence-corrected chi connectivity index (χ3v) is 3.57. The molecule has 1 fully saturated rings. The van der Waals surface area contributed by atoms with Gasteiger partial charge in [0.25, 0.3) is 0 Å². The Balaban J connectivity index is 2.47. The van der Waals surface area contributed by atoms with E-state index < -0.39 is 0 Å². The molecule has 0 aromatic heterocycles. The SMILES string of the molecule is CCNC(=O)CC(CN)N1CCN(C)C(C)C1. The van der Waals surface area contributed by atoms with Crippen molar-refractivity contribution < 1.29 is 4.79 Å². The quantitative estimate of drug-likeness (QED) is 0.681. The van der Waals surface area contributed by atoms with Crippen LogP contribution >= 0.6 is 0 Å². The van der Waals surface area contributed by atoms with Crippen LogP contribution in [0.5, 0.6) is 0 Å². The maximum absolute atomic E-state index is 11.6. The Bertz CT molecular complexity index is 247. The molecule has 0 spiro atoms. The Morgan fingerprint density at radius 1 is 1.53 bits per heavy atom. The van der Waals surface area contributed by atoms with Crippen LogP contribution in [0.15, 0.2) is 0 Å². The van der Waals surface area contributed by atoms with Gasteiger partial charge in [0.15, 0.2) is 0 Å². The summed E-state index contributed by atoms with van der Waals surface area (Å²) >= 11 is 0. The highest BCUT2D eigenvalue weighted by Crippen LogP contribution is 2.12. The molecule has 0 bridgehead atoms. The molecule has 0 saturated carbocycles. The molecular formula is C12H26N4O. The van der Waals surface area contributed by atoms with Gasteiger partial charge in [-0.3, -0.25) is 9.69 Å². The number of carbonyl (C=O) groups excluding carboxylic acids is 1. The Morgan fingerprint density at radius 3 is 2.76 bits per heavy atom. The molecule has 0 aromatic rings. The zero-order chi connectivity index (χ0) is 12.8. The number of nitrogens with two attached hydrogens (primary N) is 1. The van der Waals surface area contributed by atoms with Crippen LogP contribution in [0.25, 0.3) is 0 Å². The Kier molecular flexibility index (Phi) is 5.88. The van der Waals surface area contributed by atoms with Gasteiger partial charge in [0, 0.05) is 51.2 Å². The number of likely N-dealkylation sites (N-methyl/N-ethyl adjacent to an activating group) is 1. The molecule has 1 aliphatic heterocycles. The predicted molar refractivity (Wildman–Crippen MR) is 69.8 cm³/mol. The Labute approximate surface area is 104 Å². The topological polar surface area (TPSA) is 61.6 Å². The van der Waals surface area contributed by atoms with Gasteiger partial charge in [-0.05, 0) is 20.9 Å². The van der Waals surface area contributed by atoms with Gasteiger partial charge in [0.1, 0.15) is 0 Å². The van der Waals surface area contributed by atoms with Gasteiger partial charge < -0.3 is 16.0 Å². The summed E-state index contributed by atoms with van der Waals surface area (Å²) in [5.74, 6) is 0.106. The van der Waals surface area contributed by atoms with Gasteiger partial charge in [0.05, 0.1) is 0 Å². The van der Waals surface area contributed by atoms with Crippen LogP contribution in [0.1, 0.15) is 20.3 Å². The van der Waals surface area contributed by atoms with Crippen molar-refractivity contribution in [3.63, 3.8) is 0 Å². The van der Waals surface area contributed by atoms with E-state index in [2.05, 4.69) is 29.1 Å². The second kappa shape index (κ2) is 6.93. The number of nitrogens with one attached hydrogen (secondary N) is 1. The minimum absolute atomic E-state index is 0.106. The summed E-state index contributed by atoms with van der Waals surface area (Å²) in [6, 6.07) is 0.713. The second-order valence-corrected chi connectivity index (χ2v) is 4.87. The molecule has 0 aliphatic carbocycles. The molecule has 2 unspecified atom stereocenters. The van der Waals surface area contributed by atoms with E-state index in [1.165, 1.54) is 0 Å². The van der Waals surface area contributed by atoms with Crippen molar-refractivity contribution in [1.29, 1.82) is 0 Å². The molecule has 17 heavy (non-hydrogen) atoms. The predicted octanol–water partition coefficient (Wildman–Crippen LogP) is -0.524. The van der Waals surface area contributed by atoms with Crippen LogP contribution in [0.3, 0.4) is 0 Å².